The highest BCUT2D eigenvalue weighted by Gasteiger charge is 2.19. The lowest BCUT2D eigenvalue weighted by Gasteiger charge is -2.03. The van der Waals surface area contributed by atoms with Gasteiger partial charge in [-0.2, -0.15) is 9.78 Å². The Morgan fingerprint density at radius 3 is 2.79 bits per heavy atom. The van der Waals surface area contributed by atoms with Gasteiger partial charge in [-0.05, 0) is 38.5 Å². The molecule has 0 aliphatic heterocycles. The maximum Gasteiger partial charge on any atom is 0.404 e. The van der Waals surface area contributed by atoms with Gasteiger partial charge in [-0.25, -0.2) is 4.39 Å². The molecule has 2 heterocycles. The molecule has 3 aromatic rings. The van der Waals surface area contributed by atoms with E-state index in [4.69, 9.17) is 11.6 Å². The monoisotopic (exact) mass is 470 g/mol. The van der Waals surface area contributed by atoms with E-state index in [1.807, 2.05) is 0 Å². The Hall–Kier alpha value is -2.79. The van der Waals surface area contributed by atoms with Crippen molar-refractivity contribution >= 4 is 45.1 Å². The van der Waals surface area contributed by atoms with Gasteiger partial charge < -0.3 is 15.4 Å². The van der Waals surface area contributed by atoms with E-state index in [9.17, 15) is 19.3 Å². The molecule has 1 N–H and O–H groups in total. The van der Waals surface area contributed by atoms with Crippen molar-refractivity contribution in [3.8, 4) is 0 Å². The van der Waals surface area contributed by atoms with Crippen molar-refractivity contribution in [2.24, 2.45) is 0 Å². The third-order valence-corrected chi connectivity index (χ3v) is 4.48. The van der Waals surface area contributed by atoms with Crippen molar-refractivity contribution in [3.63, 3.8) is 0 Å². The lowest BCUT2D eigenvalue weighted by molar-refractivity contribution is -0.390. The molecule has 0 atom stereocenters. The molecule has 146 valence electrons. The van der Waals surface area contributed by atoms with Gasteiger partial charge in [-0.1, -0.05) is 23.7 Å². The summed E-state index contributed by atoms with van der Waals surface area (Å²) in [5.41, 5.74) is 0.697. The number of nitrogens with zero attached hydrogens (tertiary/aromatic N) is 5. The molecule has 0 aliphatic rings. The SMILES string of the molecule is O=C(CCn1cc(Br)c([N+](=O)[O-])n1)Nc1nn(Cc2cccc(F)c2)cc1Cl. The number of nitrogens with one attached hydrogen (secondary N) is 1. The Morgan fingerprint density at radius 2 is 2.11 bits per heavy atom. The van der Waals surface area contributed by atoms with E-state index in [-0.39, 0.29) is 45.8 Å². The summed E-state index contributed by atoms with van der Waals surface area (Å²) in [6.45, 7) is 0.429. The molecule has 12 heteroatoms. The summed E-state index contributed by atoms with van der Waals surface area (Å²) in [6, 6.07) is 6.07. The molecule has 1 aromatic carbocycles. The number of anilines is 1. The Balaban J connectivity index is 1.59. The fourth-order valence-electron chi connectivity index (χ4n) is 2.42. The molecule has 0 fully saturated rings. The molecule has 3 rings (SSSR count). The number of carbonyl (C=O) groups is 1. The van der Waals surface area contributed by atoms with Gasteiger partial charge >= 0.3 is 5.82 Å². The fourth-order valence-corrected chi connectivity index (χ4v) is 3.08. The maximum absolute atomic E-state index is 13.3. The average Bonchev–Trinajstić information content (AvgIpc) is 3.15. The minimum Gasteiger partial charge on any atom is -0.358 e. The zero-order valence-electron chi connectivity index (χ0n) is 14.2. The van der Waals surface area contributed by atoms with Crippen LogP contribution < -0.4 is 5.32 Å². The average molecular weight is 472 g/mol. The number of benzene rings is 1. The van der Waals surface area contributed by atoms with Gasteiger partial charge in [-0.15, -0.1) is 0 Å². The number of aryl methyl sites for hydroxylation is 1. The number of nitro groups is 1. The molecular formula is C16H13BrClFN6O3. The van der Waals surface area contributed by atoms with Crippen LogP contribution in [0.25, 0.3) is 0 Å². The summed E-state index contributed by atoms with van der Waals surface area (Å²) in [6.07, 6.45) is 2.96. The quantitative estimate of drug-likeness (QED) is 0.418. The molecule has 0 saturated carbocycles. The van der Waals surface area contributed by atoms with Crippen LogP contribution in [0.5, 0.6) is 0 Å². The van der Waals surface area contributed by atoms with Gasteiger partial charge in [0.2, 0.25) is 5.91 Å². The highest BCUT2D eigenvalue weighted by molar-refractivity contribution is 9.10. The molecule has 0 unspecified atom stereocenters. The van der Waals surface area contributed by atoms with Gasteiger partial charge in [0.05, 0.1) is 24.4 Å². The topological polar surface area (TPSA) is 108 Å². The summed E-state index contributed by atoms with van der Waals surface area (Å²) >= 11 is 9.13. The van der Waals surface area contributed by atoms with E-state index < -0.39 is 4.92 Å². The molecular weight excluding hydrogens is 459 g/mol. The van der Waals surface area contributed by atoms with E-state index in [2.05, 4.69) is 31.4 Å². The first-order chi connectivity index (χ1) is 13.3. The van der Waals surface area contributed by atoms with Gasteiger partial charge in [-0.3, -0.25) is 9.48 Å². The lowest BCUT2D eigenvalue weighted by atomic mass is 10.2. The van der Waals surface area contributed by atoms with Crippen molar-refractivity contribution in [3.05, 3.63) is 67.6 Å². The van der Waals surface area contributed by atoms with Crippen LogP contribution in [0.1, 0.15) is 12.0 Å². The first-order valence-corrected chi connectivity index (χ1v) is 9.13. The van der Waals surface area contributed by atoms with Gasteiger partial charge in [0, 0.05) is 12.6 Å². The Kier molecular flexibility index (Phi) is 6.05. The van der Waals surface area contributed by atoms with Crippen LogP contribution in [0.15, 0.2) is 41.1 Å². The van der Waals surface area contributed by atoms with Gasteiger partial charge in [0.1, 0.15) is 15.3 Å². The van der Waals surface area contributed by atoms with Crippen LogP contribution >= 0.6 is 27.5 Å². The molecule has 9 nitrogen and oxygen atoms in total. The highest BCUT2D eigenvalue weighted by Crippen LogP contribution is 2.23. The second-order valence-corrected chi connectivity index (χ2v) is 7.03. The minimum atomic E-state index is -0.619. The van der Waals surface area contributed by atoms with Crippen LogP contribution in [-0.4, -0.2) is 30.4 Å². The standard InChI is InChI=1S/C16H13BrClFN6O3/c17-12-8-23(22-16(12)25(27)28)5-4-14(26)20-15-13(18)9-24(21-15)7-10-2-1-3-11(19)6-10/h1-3,6,8-9H,4-5,7H2,(H,20,21,26). The van der Waals surface area contributed by atoms with E-state index in [0.717, 1.165) is 0 Å². The third kappa shape index (κ3) is 4.93. The van der Waals surface area contributed by atoms with Crippen LogP contribution in [0.3, 0.4) is 0 Å². The molecule has 2 aromatic heterocycles. The van der Waals surface area contributed by atoms with Crippen molar-refractivity contribution in [1.29, 1.82) is 0 Å². The van der Waals surface area contributed by atoms with Gasteiger partial charge in [0.15, 0.2) is 5.82 Å². The van der Waals surface area contributed by atoms with Crippen molar-refractivity contribution < 1.29 is 14.1 Å². The third-order valence-electron chi connectivity index (χ3n) is 3.65. The van der Waals surface area contributed by atoms with Crippen molar-refractivity contribution in [2.75, 3.05) is 5.32 Å². The van der Waals surface area contributed by atoms with Crippen LogP contribution in [0.2, 0.25) is 5.02 Å². The van der Waals surface area contributed by atoms with E-state index in [1.165, 1.54) is 33.9 Å². The smallest absolute Gasteiger partial charge is 0.358 e. The first kappa shape index (κ1) is 20.0. The second kappa shape index (κ2) is 8.48. The van der Waals surface area contributed by atoms with Crippen molar-refractivity contribution in [2.45, 2.75) is 19.5 Å². The Labute approximate surface area is 171 Å². The second-order valence-electron chi connectivity index (χ2n) is 5.77. The normalized spacial score (nSPS) is 10.8. The predicted octanol–water partition coefficient (Wildman–Crippen LogP) is 3.62. The van der Waals surface area contributed by atoms with E-state index in [0.29, 0.717) is 12.1 Å². The summed E-state index contributed by atoms with van der Waals surface area (Å²) in [5.74, 6) is -0.878. The number of hydrogen-bond donors (Lipinski definition) is 1. The molecule has 0 saturated heterocycles. The van der Waals surface area contributed by atoms with Gasteiger partial charge in [0.25, 0.3) is 0 Å². The Bertz CT molecular complexity index is 1040. The van der Waals surface area contributed by atoms with Crippen LogP contribution in [-0.2, 0) is 17.9 Å². The summed E-state index contributed by atoms with van der Waals surface area (Å²) in [7, 11) is 0. The zero-order valence-corrected chi connectivity index (χ0v) is 16.5. The number of hydrogen-bond acceptors (Lipinski definition) is 5. The van der Waals surface area contributed by atoms with Crippen LogP contribution in [0, 0.1) is 15.9 Å². The van der Waals surface area contributed by atoms with E-state index in [1.54, 1.807) is 12.1 Å². The summed E-state index contributed by atoms with van der Waals surface area (Å²) in [4.78, 5) is 22.3. The summed E-state index contributed by atoms with van der Waals surface area (Å²) in [5, 5.41) is 21.6. The van der Waals surface area contributed by atoms with Crippen LogP contribution in [0.4, 0.5) is 16.0 Å². The minimum absolute atomic E-state index is 0.0123. The number of amides is 1. The fraction of sp³-hybridized carbons (Fsp3) is 0.188. The Morgan fingerprint density at radius 1 is 1.32 bits per heavy atom. The zero-order chi connectivity index (χ0) is 20.3. The highest BCUT2D eigenvalue weighted by atomic mass is 79.9. The largest absolute Gasteiger partial charge is 0.404 e. The number of halogens is 3. The molecule has 0 aliphatic carbocycles. The maximum atomic E-state index is 13.3. The number of aromatic nitrogens is 4. The number of carbonyl (C=O) groups excluding carboxylic acids is 1. The molecule has 0 spiro atoms. The lowest BCUT2D eigenvalue weighted by Crippen LogP contribution is -2.15. The number of rotatable bonds is 7. The molecule has 0 radical (unpaired) electrons. The predicted molar refractivity (Wildman–Crippen MR) is 103 cm³/mol. The molecule has 1 amide bonds. The van der Waals surface area contributed by atoms with E-state index >= 15 is 0 Å². The van der Waals surface area contributed by atoms with Crippen molar-refractivity contribution in [1.82, 2.24) is 19.6 Å². The molecule has 0 bridgehead atoms. The molecule has 28 heavy (non-hydrogen) atoms. The first-order valence-electron chi connectivity index (χ1n) is 7.96. The summed E-state index contributed by atoms with van der Waals surface area (Å²) < 4.78 is 16.3.